The third kappa shape index (κ3) is 7.04. The Balaban J connectivity index is 1.45. The SMILES string of the molecule is COc1cc(NC(C)CCCN(Cc2ccc(N(C)C)cc2)C(=O)c2cccc(Br)c2)c2ncccc2c1. The maximum atomic E-state index is 13.5. The van der Waals surface area contributed by atoms with Crippen LogP contribution < -0.4 is 15.0 Å². The van der Waals surface area contributed by atoms with Crippen molar-refractivity contribution < 1.29 is 9.53 Å². The lowest BCUT2D eigenvalue weighted by atomic mass is 10.1. The predicted molar refractivity (Wildman–Crippen MR) is 160 cm³/mol. The molecular weight excluding hydrogens is 540 g/mol. The molecule has 3 aromatic carbocycles. The summed E-state index contributed by atoms with van der Waals surface area (Å²) < 4.78 is 6.39. The van der Waals surface area contributed by atoms with E-state index in [0.29, 0.717) is 18.7 Å². The van der Waals surface area contributed by atoms with Gasteiger partial charge in [0, 0.05) is 66.6 Å². The molecular formula is C31H35BrN4O2. The van der Waals surface area contributed by atoms with Gasteiger partial charge in [0.05, 0.1) is 18.3 Å². The highest BCUT2D eigenvalue weighted by molar-refractivity contribution is 9.10. The molecule has 1 heterocycles. The molecule has 0 radical (unpaired) electrons. The number of nitrogens with one attached hydrogen (secondary N) is 1. The Morgan fingerprint density at radius 1 is 1.05 bits per heavy atom. The average Bonchev–Trinajstić information content (AvgIpc) is 2.92. The number of halogens is 1. The molecule has 7 heteroatoms. The van der Waals surface area contributed by atoms with Gasteiger partial charge in [-0.05, 0) is 67.8 Å². The van der Waals surface area contributed by atoms with Crippen LogP contribution in [0.25, 0.3) is 10.9 Å². The molecule has 0 aliphatic carbocycles. The van der Waals surface area contributed by atoms with E-state index in [2.05, 4.69) is 62.3 Å². The van der Waals surface area contributed by atoms with Crippen molar-refractivity contribution in [2.45, 2.75) is 32.4 Å². The molecule has 38 heavy (non-hydrogen) atoms. The first kappa shape index (κ1) is 27.5. The molecule has 0 aliphatic heterocycles. The minimum atomic E-state index is 0.0339. The first-order valence-electron chi connectivity index (χ1n) is 12.8. The number of methoxy groups -OCH3 is 1. The number of ether oxygens (including phenoxy) is 1. The van der Waals surface area contributed by atoms with Crippen LogP contribution in [-0.2, 0) is 6.54 Å². The first-order chi connectivity index (χ1) is 18.3. The summed E-state index contributed by atoms with van der Waals surface area (Å²) in [5, 5.41) is 4.65. The molecule has 1 atom stereocenters. The Kier molecular flexibility index (Phi) is 9.24. The summed E-state index contributed by atoms with van der Waals surface area (Å²) in [4.78, 5) is 22.1. The summed E-state index contributed by atoms with van der Waals surface area (Å²) in [6.07, 6.45) is 3.56. The van der Waals surface area contributed by atoms with E-state index in [-0.39, 0.29) is 11.9 Å². The summed E-state index contributed by atoms with van der Waals surface area (Å²) in [6.45, 7) is 3.38. The standard InChI is InChI=1S/C31H35BrN4O2/c1-22(34-29-20-28(38-4)19-24-10-6-16-33-30(24)29)8-7-17-36(31(37)25-9-5-11-26(32)18-25)21-23-12-14-27(15-13-23)35(2)3/h5-6,9-16,18-20,22,34H,7-8,17,21H2,1-4H3. The van der Waals surface area contributed by atoms with Crippen molar-refractivity contribution in [2.24, 2.45) is 0 Å². The van der Waals surface area contributed by atoms with Crippen molar-refractivity contribution in [1.82, 2.24) is 9.88 Å². The quantitative estimate of drug-likeness (QED) is 0.209. The van der Waals surface area contributed by atoms with Crippen molar-refractivity contribution >= 4 is 44.1 Å². The van der Waals surface area contributed by atoms with Gasteiger partial charge in [-0.1, -0.05) is 40.2 Å². The molecule has 198 valence electrons. The lowest BCUT2D eigenvalue weighted by Gasteiger charge is -2.25. The molecule has 0 fully saturated rings. The summed E-state index contributed by atoms with van der Waals surface area (Å²) in [7, 11) is 5.73. The highest BCUT2D eigenvalue weighted by Crippen LogP contribution is 2.28. The van der Waals surface area contributed by atoms with Gasteiger partial charge < -0.3 is 19.9 Å². The van der Waals surface area contributed by atoms with Gasteiger partial charge >= 0.3 is 0 Å². The zero-order valence-corrected chi connectivity index (χ0v) is 24.0. The zero-order valence-electron chi connectivity index (χ0n) is 22.4. The van der Waals surface area contributed by atoms with Crippen molar-refractivity contribution in [1.29, 1.82) is 0 Å². The molecule has 6 nitrogen and oxygen atoms in total. The van der Waals surface area contributed by atoms with Crippen LogP contribution in [0, 0.1) is 0 Å². The van der Waals surface area contributed by atoms with Crippen molar-refractivity contribution in [3.05, 3.63) is 94.6 Å². The topological polar surface area (TPSA) is 57.7 Å². The van der Waals surface area contributed by atoms with Gasteiger partial charge in [0.25, 0.3) is 5.91 Å². The monoisotopic (exact) mass is 574 g/mol. The highest BCUT2D eigenvalue weighted by Gasteiger charge is 2.17. The number of pyridine rings is 1. The van der Waals surface area contributed by atoms with Crippen LogP contribution in [0.1, 0.15) is 35.7 Å². The van der Waals surface area contributed by atoms with Gasteiger partial charge in [-0.2, -0.15) is 0 Å². The summed E-state index contributed by atoms with van der Waals surface area (Å²) in [6, 6.07) is 24.1. The smallest absolute Gasteiger partial charge is 0.254 e. The van der Waals surface area contributed by atoms with E-state index < -0.39 is 0 Å². The van der Waals surface area contributed by atoms with Gasteiger partial charge in [0.15, 0.2) is 0 Å². The van der Waals surface area contributed by atoms with Crippen LogP contribution in [0.4, 0.5) is 11.4 Å². The molecule has 0 bridgehead atoms. The molecule has 1 aromatic heterocycles. The van der Waals surface area contributed by atoms with Crippen LogP contribution in [0.3, 0.4) is 0 Å². The van der Waals surface area contributed by atoms with E-state index in [0.717, 1.165) is 50.9 Å². The number of carbonyl (C=O) groups is 1. The second kappa shape index (κ2) is 12.8. The highest BCUT2D eigenvalue weighted by atomic mass is 79.9. The molecule has 0 aliphatic rings. The predicted octanol–water partition coefficient (Wildman–Crippen LogP) is 7.00. The van der Waals surface area contributed by atoms with E-state index >= 15 is 0 Å². The Morgan fingerprint density at radius 3 is 2.55 bits per heavy atom. The van der Waals surface area contributed by atoms with Crippen molar-refractivity contribution in [3.8, 4) is 5.75 Å². The van der Waals surface area contributed by atoms with Crippen LogP contribution in [0.5, 0.6) is 5.75 Å². The number of fused-ring (bicyclic) bond motifs is 1. The number of hydrogen-bond donors (Lipinski definition) is 1. The van der Waals surface area contributed by atoms with E-state index in [1.807, 2.05) is 67.5 Å². The van der Waals surface area contributed by atoms with Crippen molar-refractivity contribution in [2.75, 3.05) is 38.0 Å². The number of hydrogen-bond acceptors (Lipinski definition) is 5. The minimum absolute atomic E-state index is 0.0339. The molecule has 0 saturated carbocycles. The second-order valence-corrected chi connectivity index (χ2v) is 10.7. The average molecular weight is 576 g/mol. The molecule has 4 aromatic rings. The fourth-order valence-electron chi connectivity index (χ4n) is 4.50. The minimum Gasteiger partial charge on any atom is -0.497 e. The first-order valence-corrected chi connectivity index (χ1v) is 13.6. The largest absolute Gasteiger partial charge is 0.497 e. The fourth-order valence-corrected chi connectivity index (χ4v) is 4.89. The summed E-state index contributed by atoms with van der Waals surface area (Å²) in [5.74, 6) is 0.831. The van der Waals surface area contributed by atoms with Gasteiger partial charge in [-0.15, -0.1) is 0 Å². The zero-order chi connectivity index (χ0) is 27.1. The summed E-state index contributed by atoms with van der Waals surface area (Å²) >= 11 is 3.50. The third-order valence-corrected chi connectivity index (χ3v) is 7.06. The summed E-state index contributed by atoms with van der Waals surface area (Å²) in [5.41, 5.74) is 4.81. The number of nitrogens with zero attached hydrogens (tertiary/aromatic N) is 3. The second-order valence-electron chi connectivity index (χ2n) is 9.74. The lowest BCUT2D eigenvalue weighted by molar-refractivity contribution is 0.0739. The Bertz CT molecular complexity index is 1370. The maximum Gasteiger partial charge on any atom is 0.254 e. The third-order valence-electron chi connectivity index (χ3n) is 6.57. The van der Waals surface area contributed by atoms with Gasteiger partial charge in [0.2, 0.25) is 0 Å². The number of benzene rings is 3. The van der Waals surface area contributed by atoms with Crippen LogP contribution >= 0.6 is 15.9 Å². The molecule has 4 rings (SSSR count). The van der Waals surface area contributed by atoms with Gasteiger partial charge in [-0.25, -0.2) is 0 Å². The number of aromatic nitrogens is 1. The number of anilines is 2. The fraction of sp³-hybridized carbons (Fsp3) is 0.290. The van der Waals surface area contributed by atoms with E-state index in [9.17, 15) is 4.79 Å². The number of amides is 1. The van der Waals surface area contributed by atoms with E-state index in [1.165, 1.54) is 0 Å². The lowest BCUT2D eigenvalue weighted by Crippen LogP contribution is -2.32. The van der Waals surface area contributed by atoms with Crippen LogP contribution in [-0.4, -0.2) is 49.6 Å². The van der Waals surface area contributed by atoms with Crippen molar-refractivity contribution in [3.63, 3.8) is 0 Å². The van der Waals surface area contributed by atoms with Crippen LogP contribution in [0.15, 0.2) is 83.5 Å². The Morgan fingerprint density at radius 2 is 1.84 bits per heavy atom. The molecule has 0 saturated heterocycles. The number of carbonyl (C=O) groups excluding carboxylic acids is 1. The molecule has 0 spiro atoms. The maximum absolute atomic E-state index is 13.5. The normalized spacial score (nSPS) is 11.7. The van der Waals surface area contributed by atoms with Crippen LogP contribution in [0.2, 0.25) is 0 Å². The molecule has 1 unspecified atom stereocenters. The van der Waals surface area contributed by atoms with Gasteiger partial charge in [0.1, 0.15) is 5.75 Å². The van der Waals surface area contributed by atoms with Gasteiger partial charge in [-0.3, -0.25) is 9.78 Å². The van der Waals surface area contributed by atoms with E-state index in [1.54, 1.807) is 13.3 Å². The molecule has 1 amide bonds. The number of rotatable bonds is 11. The molecule has 1 N–H and O–H groups in total. The Hall–Kier alpha value is -3.58. The van der Waals surface area contributed by atoms with E-state index in [4.69, 9.17) is 4.74 Å². The Labute approximate surface area is 233 Å².